The molecule has 3 nitrogen and oxygen atoms in total. The van der Waals surface area contributed by atoms with Crippen LogP contribution in [0.25, 0.3) is 0 Å². The van der Waals surface area contributed by atoms with E-state index in [0.29, 0.717) is 6.61 Å². The van der Waals surface area contributed by atoms with Gasteiger partial charge in [-0.3, -0.25) is 0 Å². The first kappa shape index (κ1) is 14.0. The van der Waals surface area contributed by atoms with Crippen molar-refractivity contribution in [3.05, 3.63) is 29.3 Å². The molecule has 0 amide bonds. The van der Waals surface area contributed by atoms with Crippen LogP contribution in [-0.2, 0) is 4.74 Å². The Labute approximate surface area is 104 Å². The largest absolute Gasteiger partial charge is 0.492 e. The zero-order valence-corrected chi connectivity index (χ0v) is 11.1. The standard InChI is InChI=1S/C14H23NO2/c1-4-16-7-5-15-6-8-17-14-10-12(2)9-13(3)11-14/h9-11,15H,4-8H2,1-3H3. The SMILES string of the molecule is CCOCCNCCOc1cc(C)cc(C)c1. The van der Waals surface area contributed by atoms with Crippen molar-refractivity contribution >= 4 is 0 Å². The second kappa shape index (κ2) is 8.09. The van der Waals surface area contributed by atoms with Crippen LogP contribution < -0.4 is 10.1 Å². The zero-order chi connectivity index (χ0) is 12.5. The van der Waals surface area contributed by atoms with Crippen molar-refractivity contribution in [1.29, 1.82) is 0 Å². The van der Waals surface area contributed by atoms with E-state index in [4.69, 9.17) is 9.47 Å². The van der Waals surface area contributed by atoms with Gasteiger partial charge in [-0.15, -0.1) is 0 Å². The summed E-state index contributed by atoms with van der Waals surface area (Å²) < 4.78 is 10.9. The highest BCUT2D eigenvalue weighted by molar-refractivity contribution is 5.32. The molecule has 0 aliphatic rings. The fourth-order valence-corrected chi connectivity index (χ4v) is 1.67. The maximum absolute atomic E-state index is 5.67. The van der Waals surface area contributed by atoms with E-state index in [1.165, 1.54) is 11.1 Å². The van der Waals surface area contributed by atoms with Gasteiger partial charge in [0.15, 0.2) is 0 Å². The summed E-state index contributed by atoms with van der Waals surface area (Å²) in [6.45, 7) is 10.1. The second-order valence-corrected chi connectivity index (χ2v) is 4.12. The van der Waals surface area contributed by atoms with Crippen molar-refractivity contribution in [2.75, 3.05) is 32.9 Å². The Morgan fingerprint density at radius 2 is 1.65 bits per heavy atom. The van der Waals surface area contributed by atoms with Gasteiger partial charge in [-0.05, 0) is 44.0 Å². The molecule has 0 atom stereocenters. The van der Waals surface area contributed by atoms with E-state index < -0.39 is 0 Å². The second-order valence-electron chi connectivity index (χ2n) is 4.12. The fourth-order valence-electron chi connectivity index (χ4n) is 1.67. The van der Waals surface area contributed by atoms with Gasteiger partial charge in [-0.25, -0.2) is 0 Å². The summed E-state index contributed by atoms with van der Waals surface area (Å²) in [7, 11) is 0. The summed E-state index contributed by atoms with van der Waals surface area (Å²) in [5.74, 6) is 0.953. The van der Waals surface area contributed by atoms with E-state index in [2.05, 4.69) is 37.4 Å². The highest BCUT2D eigenvalue weighted by atomic mass is 16.5. The van der Waals surface area contributed by atoms with Gasteiger partial charge in [0.2, 0.25) is 0 Å². The number of aryl methyl sites for hydroxylation is 2. The number of benzene rings is 1. The molecular formula is C14H23NO2. The molecule has 1 aromatic rings. The molecule has 0 saturated heterocycles. The highest BCUT2D eigenvalue weighted by Gasteiger charge is 1.96. The topological polar surface area (TPSA) is 30.5 Å². The van der Waals surface area contributed by atoms with Gasteiger partial charge >= 0.3 is 0 Å². The van der Waals surface area contributed by atoms with Crippen LogP contribution >= 0.6 is 0 Å². The van der Waals surface area contributed by atoms with Crippen molar-refractivity contribution in [3.63, 3.8) is 0 Å². The Morgan fingerprint density at radius 3 is 2.29 bits per heavy atom. The van der Waals surface area contributed by atoms with E-state index in [9.17, 15) is 0 Å². The van der Waals surface area contributed by atoms with Crippen LogP contribution in [0.1, 0.15) is 18.1 Å². The molecular weight excluding hydrogens is 214 g/mol. The molecule has 0 aromatic heterocycles. The van der Waals surface area contributed by atoms with Crippen LogP contribution in [0.2, 0.25) is 0 Å². The van der Waals surface area contributed by atoms with Crippen LogP contribution in [-0.4, -0.2) is 32.9 Å². The number of rotatable bonds is 8. The summed E-state index contributed by atoms with van der Waals surface area (Å²) in [4.78, 5) is 0. The third kappa shape index (κ3) is 6.29. The molecule has 1 aromatic carbocycles. The third-order valence-electron chi connectivity index (χ3n) is 2.37. The first-order valence-corrected chi connectivity index (χ1v) is 6.22. The Balaban J connectivity index is 2.13. The van der Waals surface area contributed by atoms with Crippen molar-refractivity contribution in [2.24, 2.45) is 0 Å². The predicted octanol–water partition coefficient (Wildman–Crippen LogP) is 2.31. The van der Waals surface area contributed by atoms with Gasteiger partial charge in [-0.1, -0.05) is 6.07 Å². The van der Waals surface area contributed by atoms with Crippen molar-refractivity contribution < 1.29 is 9.47 Å². The number of hydrogen-bond acceptors (Lipinski definition) is 3. The summed E-state index contributed by atoms with van der Waals surface area (Å²) in [6, 6.07) is 6.27. The molecule has 1 rings (SSSR count). The number of nitrogens with one attached hydrogen (secondary N) is 1. The molecule has 1 N–H and O–H groups in total. The molecule has 0 spiro atoms. The summed E-state index contributed by atoms with van der Waals surface area (Å²) in [6.07, 6.45) is 0. The molecule has 17 heavy (non-hydrogen) atoms. The molecule has 0 aliphatic carbocycles. The molecule has 0 bridgehead atoms. The predicted molar refractivity (Wildman–Crippen MR) is 70.8 cm³/mol. The van der Waals surface area contributed by atoms with Crippen molar-refractivity contribution in [2.45, 2.75) is 20.8 Å². The molecule has 0 saturated carbocycles. The fraction of sp³-hybridized carbons (Fsp3) is 0.571. The molecule has 0 unspecified atom stereocenters. The summed E-state index contributed by atoms with van der Waals surface area (Å²) in [5, 5.41) is 3.27. The maximum atomic E-state index is 5.67. The Morgan fingerprint density at radius 1 is 1.00 bits per heavy atom. The van der Waals surface area contributed by atoms with Crippen molar-refractivity contribution in [1.82, 2.24) is 5.32 Å². The van der Waals surface area contributed by atoms with Crippen LogP contribution in [0.3, 0.4) is 0 Å². The van der Waals surface area contributed by atoms with Gasteiger partial charge in [0.05, 0.1) is 6.61 Å². The zero-order valence-electron chi connectivity index (χ0n) is 11.1. The minimum atomic E-state index is 0.690. The van der Waals surface area contributed by atoms with E-state index in [1.807, 2.05) is 6.92 Å². The minimum absolute atomic E-state index is 0.690. The van der Waals surface area contributed by atoms with E-state index >= 15 is 0 Å². The summed E-state index contributed by atoms with van der Waals surface area (Å²) >= 11 is 0. The average molecular weight is 237 g/mol. The molecule has 0 aliphatic heterocycles. The van der Waals surface area contributed by atoms with E-state index in [0.717, 1.165) is 32.1 Å². The smallest absolute Gasteiger partial charge is 0.119 e. The maximum Gasteiger partial charge on any atom is 0.119 e. The van der Waals surface area contributed by atoms with E-state index in [-0.39, 0.29) is 0 Å². The molecule has 96 valence electrons. The van der Waals surface area contributed by atoms with Gasteiger partial charge in [0, 0.05) is 19.7 Å². The van der Waals surface area contributed by atoms with Crippen LogP contribution in [0.15, 0.2) is 18.2 Å². The van der Waals surface area contributed by atoms with Crippen LogP contribution in [0.4, 0.5) is 0 Å². The Kier molecular flexibility index (Phi) is 6.67. The Hall–Kier alpha value is -1.06. The lowest BCUT2D eigenvalue weighted by Crippen LogP contribution is -2.25. The Bertz CT molecular complexity index is 306. The van der Waals surface area contributed by atoms with Gasteiger partial charge < -0.3 is 14.8 Å². The molecule has 0 radical (unpaired) electrons. The lowest BCUT2D eigenvalue weighted by atomic mass is 10.1. The first-order chi connectivity index (χ1) is 8.22. The van der Waals surface area contributed by atoms with Gasteiger partial charge in [0.25, 0.3) is 0 Å². The normalized spacial score (nSPS) is 10.5. The quantitative estimate of drug-likeness (QED) is 0.704. The van der Waals surface area contributed by atoms with Crippen molar-refractivity contribution in [3.8, 4) is 5.75 Å². The highest BCUT2D eigenvalue weighted by Crippen LogP contribution is 2.15. The average Bonchev–Trinajstić information content (AvgIpc) is 2.26. The summed E-state index contributed by atoms with van der Waals surface area (Å²) in [5.41, 5.74) is 2.48. The molecule has 0 heterocycles. The third-order valence-corrected chi connectivity index (χ3v) is 2.37. The van der Waals surface area contributed by atoms with Gasteiger partial charge in [0.1, 0.15) is 12.4 Å². The molecule has 3 heteroatoms. The van der Waals surface area contributed by atoms with E-state index in [1.54, 1.807) is 0 Å². The van der Waals surface area contributed by atoms with Gasteiger partial charge in [-0.2, -0.15) is 0 Å². The van der Waals surface area contributed by atoms with Crippen LogP contribution in [0, 0.1) is 13.8 Å². The number of hydrogen-bond donors (Lipinski definition) is 1. The first-order valence-electron chi connectivity index (χ1n) is 6.22. The van der Waals surface area contributed by atoms with Crippen LogP contribution in [0.5, 0.6) is 5.75 Å². The lowest BCUT2D eigenvalue weighted by Gasteiger charge is -2.09. The molecule has 0 fully saturated rings. The lowest BCUT2D eigenvalue weighted by molar-refractivity contribution is 0.148. The number of ether oxygens (including phenoxy) is 2. The minimum Gasteiger partial charge on any atom is -0.492 e. The monoisotopic (exact) mass is 237 g/mol.